The zero-order valence-electron chi connectivity index (χ0n) is 13.1. The monoisotopic (exact) mass is 311 g/mol. The molecule has 0 bridgehead atoms. The van der Waals surface area contributed by atoms with Crippen LogP contribution in [0, 0.1) is 11.7 Å². The highest BCUT2D eigenvalue weighted by Crippen LogP contribution is 2.30. The Labute approximate surface area is 128 Å². The molecular formula is C16H22FNO2S. The predicted molar refractivity (Wildman–Crippen MR) is 84.8 cm³/mol. The van der Waals surface area contributed by atoms with Gasteiger partial charge < -0.3 is 8.97 Å². The van der Waals surface area contributed by atoms with Crippen molar-refractivity contribution in [2.75, 3.05) is 0 Å². The Balaban J connectivity index is 2.32. The zero-order valence-corrected chi connectivity index (χ0v) is 13.9. The first kappa shape index (κ1) is 16.3. The van der Waals surface area contributed by atoms with Crippen LogP contribution in [0.5, 0.6) is 0 Å². The van der Waals surface area contributed by atoms with Crippen molar-refractivity contribution in [3.8, 4) is 0 Å². The van der Waals surface area contributed by atoms with Gasteiger partial charge in [-0.1, -0.05) is 13.8 Å². The summed E-state index contributed by atoms with van der Waals surface area (Å²) in [5, 5.41) is 0.848. The van der Waals surface area contributed by atoms with Crippen LogP contribution in [-0.2, 0) is 11.4 Å². The van der Waals surface area contributed by atoms with E-state index < -0.39 is 11.4 Å². The normalized spacial score (nSPS) is 15.6. The maximum Gasteiger partial charge on any atom is 0.137 e. The Bertz CT molecular complexity index is 618. The van der Waals surface area contributed by atoms with Gasteiger partial charge in [-0.05, 0) is 44.9 Å². The fraction of sp³-hybridized carbons (Fsp3) is 0.500. The molecule has 0 saturated carbocycles. The molecule has 0 radical (unpaired) electrons. The summed E-state index contributed by atoms with van der Waals surface area (Å²) in [4.78, 5) is 0. The minimum atomic E-state index is -1.20. The van der Waals surface area contributed by atoms with Gasteiger partial charge in [0, 0.05) is 22.8 Å². The average Bonchev–Trinajstić information content (AvgIpc) is 2.76. The van der Waals surface area contributed by atoms with Gasteiger partial charge in [0.15, 0.2) is 0 Å². The van der Waals surface area contributed by atoms with Crippen LogP contribution in [0.2, 0.25) is 0 Å². The Morgan fingerprint density at radius 2 is 1.90 bits per heavy atom. The Morgan fingerprint density at radius 3 is 2.48 bits per heavy atom. The van der Waals surface area contributed by atoms with Crippen molar-refractivity contribution >= 4 is 22.3 Å². The molecule has 0 fully saturated rings. The molecule has 0 aliphatic rings. The number of hydrogen-bond donors (Lipinski definition) is 1. The molecule has 1 unspecified atom stereocenters. The Morgan fingerprint density at radius 1 is 1.24 bits per heavy atom. The topological polar surface area (TPSA) is 48.2 Å². The van der Waals surface area contributed by atoms with E-state index in [1.165, 1.54) is 12.1 Å². The van der Waals surface area contributed by atoms with Crippen LogP contribution in [0.15, 0.2) is 28.7 Å². The molecule has 3 nitrogen and oxygen atoms in total. The smallest absolute Gasteiger partial charge is 0.137 e. The molecule has 116 valence electrons. The van der Waals surface area contributed by atoms with Crippen molar-refractivity contribution in [1.82, 2.24) is 4.72 Å². The van der Waals surface area contributed by atoms with Crippen LogP contribution in [0.25, 0.3) is 11.0 Å². The van der Waals surface area contributed by atoms with E-state index in [0.29, 0.717) is 11.3 Å². The van der Waals surface area contributed by atoms with Crippen LogP contribution >= 0.6 is 0 Å². The first-order chi connectivity index (χ1) is 9.68. The van der Waals surface area contributed by atoms with E-state index in [9.17, 15) is 8.94 Å². The van der Waals surface area contributed by atoms with Gasteiger partial charge in [-0.2, -0.15) is 0 Å². The van der Waals surface area contributed by atoms with Gasteiger partial charge in [0.2, 0.25) is 0 Å². The molecule has 1 heterocycles. The molecule has 0 spiro atoms. The van der Waals surface area contributed by atoms with Crippen molar-refractivity contribution in [2.45, 2.75) is 45.4 Å². The second-order valence-corrected chi connectivity index (χ2v) is 8.55. The maximum absolute atomic E-state index is 13.2. The number of fused-ring (bicyclic) bond motifs is 1. The number of rotatable bonds is 4. The SMILES string of the molecule is CC(C)[C@@H](N[S+]([O-])C(C)(C)C)c1cc2ccc(F)cc2o1. The van der Waals surface area contributed by atoms with Gasteiger partial charge in [0.25, 0.3) is 0 Å². The molecule has 0 saturated heterocycles. The van der Waals surface area contributed by atoms with Crippen molar-refractivity contribution in [3.63, 3.8) is 0 Å². The third kappa shape index (κ3) is 3.78. The number of hydrogen-bond acceptors (Lipinski definition) is 3. The maximum atomic E-state index is 13.2. The molecule has 0 aliphatic heterocycles. The van der Waals surface area contributed by atoms with Gasteiger partial charge in [-0.25, -0.2) is 4.39 Å². The van der Waals surface area contributed by atoms with Gasteiger partial charge in [0.1, 0.15) is 27.9 Å². The number of furan rings is 1. The highest BCUT2D eigenvalue weighted by atomic mass is 32.2. The Kier molecular flexibility index (Phi) is 4.66. The molecule has 2 aromatic rings. The number of nitrogens with one attached hydrogen (secondary N) is 1. The largest absolute Gasteiger partial charge is 0.598 e. The zero-order chi connectivity index (χ0) is 15.8. The molecule has 1 aromatic carbocycles. The first-order valence-corrected chi connectivity index (χ1v) is 8.20. The van der Waals surface area contributed by atoms with E-state index in [-0.39, 0.29) is 22.5 Å². The van der Waals surface area contributed by atoms with Gasteiger partial charge in [-0.15, -0.1) is 4.72 Å². The van der Waals surface area contributed by atoms with E-state index >= 15 is 0 Å². The van der Waals surface area contributed by atoms with Gasteiger partial charge >= 0.3 is 0 Å². The quantitative estimate of drug-likeness (QED) is 0.855. The van der Waals surface area contributed by atoms with Crippen molar-refractivity contribution in [1.29, 1.82) is 0 Å². The minimum Gasteiger partial charge on any atom is -0.598 e. The van der Waals surface area contributed by atoms with E-state index in [1.807, 2.05) is 40.7 Å². The molecule has 2 rings (SSSR count). The van der Waals surface area contributed by atoms with E-state index in [1.54, 1.807) is 6.07 Å². The summed E-state index contributed by atoms with van der Waals surface area (Å²) < 4.78 is 34.1. The summed E-state index contributed by atoms with van der Waals surface area (Å²) in [6.45, 7) is 9.82. The summed E-state index contributed by atoms with van der Waals surface area (Å²) in [5.74, 6) is 0.556. The molecule has 0 aliphatic carbocycles. The van der Waals surface area contributed by atoms with Crippen LogP contribution in [-0.4, -0.2) is 9.30 Å². The van der Waals surface area contributed by atoms with Crippen molar-refractivity contribution in [2.24, 2.45) is 5.92 Å². The highest BCUT2D eigenvalue weighted by Gasteiger charge is 2.32. The summed E-state index contributed by atoms with van der Waals surface area (Å²) in [6, 6.07) is 6.17. The lowest BCUT2D eigenvalue weighted by Crippen LogP contribution is -2.42. The summed E-state index contributed by atoms with van der Waals surface area (Å²) in [5.41, 5.74) is 0.513. The second-order valence-electron chi connectivity index (χ2n) is 6.55. The van der Waals surface area contributed by atoms with Crippen LogP contribution in [0.3, 0.4) is 0 Å². The van der Waals surface area contributed by atoms with Crippen molar-refractivity contribution in [3.05, 3.63) is 35.8 Å². The third-order valence-corrected chi connectivity index (χ3v) is 4.84. The fourth-order valence-corrected chi connectivity index (χ4v) is 2.97. The van der Waals surface area contributed by atoms with E-state index in [0.717, 1.165) is 5.39 Å². The number of benzene rings is 1. The van der Waals surface area contributed by atoms with Gasteiger partial charge in [-0.3, -0.25) is 0 Å². The van der Waals surface area contributed by atoms with E-state index in [2.05, 4.69) is 4.72 Å². The summed E-state index contributed by atoms with van der Waals surface area (Å²) >= 11 is -1.20. The predicted octanol–water partition coefficient (Wildman–Crippen LogP) is 4.32. The van der Waals surface area contributed by atoms with E-state index in [4.69, 9.17) is 4.42 Å². The highest BCUT2D eigenvalue weighted by molar-refractivity contribution is 7.90. The Hall–Kier alpha value is -1.04. The standard InChI is InChI=1S/C16H22FNO2S/c1-10(2)15(18-21(19)16(3,4)5)14-8-11-6-7-12(17)9-13(11)20-14/h6-10,15,18H,1-5H3/t15-,21?/m1/s1. The molecule has 2 atom stereocenters. The van der Waals surface area contributed by atoms with Crippen LogP contribution < -0.4 is 4.72 Å². The second kappa shape index (κ2) is 5.99. The minimum absolute atomic E-state index is 0.180. The molecule has 21 heavy (non-hydrogen) atoms. The third-order valence-electron chi connectivity index (χ3n) is 3.26. The fourth-order valence-electron chi connectivity index (χ4n) is 1.99. The lowest BCUT2D eigenvalue weighted by Gasteiger charge is -2.28. The first-order valence-electron chi connectivity index (χ1n) is 7.05. The molecule has 1 aromatic heterocycles. The molecule has 0 amide bonds. The molecular weight excluding hydrogens is 289 g/mol. The number of halogens is 1. The van der Waals surface area contributed by atoms with Gasteiger partial charge in [0.05, 0.1) is 0 Å². The van der Waals surface area contributed by atoms with Crippen LogP contribution in [0.4, 0.5) is 4.39 Å². The lowest BCUT2D eigenvalue weighted by atomic mass is 10.0. The molecule has 5 heteroatoms. The van der Waals surface area contributed by atoms with Crippen molar-refractivity contribution < 1.29 is 13.4 Å². The molecule has 1 N–H and O–H groups in total. The lowest BCUT2D eigenvalue weighted by molar-refractivity contribution is 0.385. The summed E-state index contributed by atoms with van der Waals surface area (Å²) in [6.07, 6.45) is 0. The van der Waals surface area contributed by atoms with Crippen LogP contribution in [0.1, 0.15) is 46.4 Å². The average molecular weight is 311 g/mol. The summed E-state index contributed by atoms with van der Waals surface area (Å²) in [7, 11) is 0.